The number of rotatable bonds is 5. The van der Waals surface area contributed by atoms with Crippen molar-refractivity contribution in [2.45, 2.75) is 13.3 Å². The van der Waals surface area contributed by atoms with Crippen LogP contribution in [0, 0.1) is 0 Å². The summed E-state index contributed by atoms with van der Waals surface area (Å²) in [5.74, 6) is 0.125. The van der Waals surface area contributed by atoms with Gasteiger partial charge >= 0.3 is 0 Å². The molecule has 0 N–H and O–H groups in total. The first-order valence-electron chi connectivity index (χ1n) is 4.78. The molecule has 0 unspecified atom stereocenters. The Morgan fingerprint density at radius 2 is 2.33 bits per heavy atom. The smallest absolute Gasteiger partial charge is 0.254 e. The quantitative estimate of drug-likeness (QED) is 0.737. The SMILES string of the molecule is CCN(CCCBr)C(=O)c1csc(Br)c1. The van der Waals surface area contributed by atoms with E-state index >= 15 is 0 Å². The van der Waals surface area contributed by atoms with E-state index in [1.54, 1.807) is 11.3 Å². The van der Waals surface area contributed by atoms with Crippen LogP contribution in [0.25, 0.3) is 0 Å². The molecule has 0 saturated heterocycles. The third-order valence-electron chi connectivity index (χ3n) is 2.05. The number of halogens is 2. The van der Waals surface area contributed by atoms with E-state index in [1.165, 1.54) is 0 Å². The lowest BCUT2D eigenvalue weighted by molar-refractivity contribution is 0.0765. The maximum atomic E-state index is 12.0. The fourth-order valence-electron chi connectivity index (χ4n) is 1.26. The zero-order valence-corrected chi connectivity index (χ0v) is 12.5. The third kappa shape index (κ3) is 3.89. The standard InChI is InChI=1S/C10H13Br2NOS/c1-2-13(5-3-4-11)10(14)8-6-9(12)15-7-8/h6-7H,2-5H2,1H3. The maximum Gasteiger partial charge on any atom is 0.254 e. The molecule has 2 nitrogen and oxygen atoms in total. The number of carbonyl (C=O) groups excluding carboxylic acids is 1. The molecule has 1 rings (SSSR count). The van der Waals surface area contributed by atoms with Crippen molar-refractivity contribution in [2.24, 2.45) is 0 Å². The summed E-state index contributed by atoms with van der Waals surface area (Å²) in [7, 11) is 0. The molecular formula is C10H13Br2NOS. The molecule has 1 heterocycles. The van der Waals surface area contributed by atoms with Gasteiger partial charge in [0.1, 0.15) is 0 Å². The molecule has 0 fully saturated rings. The summed E-state index contributed by atoms with van der Waals surface area (Å²) in [5, 5.41) is 2.83. The van der Waals surface area contributed by atoms with E-state index in [0.717, 1.165) is 34.2 Å². The van der Waals surface area contributed by atoms with Gasteiger partial charge in [-0.15, -0.1) is 11.3 Å². The summed E-state index contributed by atoms with van der Waals surface area (Å²) < 4.78 is 1.00. The second-order valence-corrected chi connectivity index (χ2v) is 6.15. The molecule has 0 bridgehead atoms. The number of hydrogen-bond acceptors (Lipinski definition) is 2. The highest BCUT2D eigenvalue weighted by molar-refractivity contribution is 9.11. The minimum Gasteiger partial charge on any atom is -0.339 e. The van der Waals surface area contributed by atoms with E-state index in [1.807, 2.05) is 23.3 Å². The Morgan fingerprint density at radius 1 is 1.60 bits per heavy atom. The first-order valence-corrected chi connectivity index (χ1v) is 7.57. The highest BCUT2D eigenvalue weighted by Gasteiger charge is 2.14. The molecule has 1 amide bonds. The lowest BCUT2D eigenvalue weighted by atomic mass is 10.3. The summed E-state index contributed by atoms with van der Waals surface area (Å²) in [6.45, 7) is 3.58. The first kappa shape index (κ1) is 13.2. The monoisotopic (exact) mass is 353 g/mol. The van der Waals surface area contributed by atoms with E-state index in [2.05, 4.69) is 31.9 Å². The number of carbonyl (C=O) groups is 1. The van der Waals surface area contributed by atoms with E-state index < -0.39 is 0 Å². The lowest BCUT2D eigenvalue weighted by Crippen LogP contribution is -2.31. The van der Waals surface area contributed by atoms with Gasteiger partial charge < -0.3 is 4.90 Å². The summed E-state index contributed by atoms with van der Waals surface area (Å²) in [4.78, 5) is 13.9. The Balaban J connectivity index is 2.64. The van der Waals surface area contributed by atoms with Gasteiger partial charge in [-0.05, 0) is 35.3 Å². The van der Waals surface area contributed by atoms with Gasteiger partial charge in [0.25, 0.3) is 5.91 Å². The van der Waals surface area contributed by atoms with Crippen molar-refractivity contribution in [3.8, 4) is 0 Å². The Morgan fingerprint density at radius 3 is 2.80 bits per heavy atom. The van der Waals surface area contributed by atoms with Crippen LogP contribution in [0.5, 0.6) is 0 Å². The van der Waals surface area contributed by atoms with Crippen molar-refractivity contribution in [2.75, 3.05) is 18.4 Å². The van der Waals surface area contributed by atoms with Crippen LogP contribution in [-0.4, -0.2) is 29.2 Å². The maximum absolute atomic E-state index is 12.0. The normalized spacial score (nSPS) is 10.3. The molecule has 0 aliphatic heterocycles. The van der Waals surface area contributed by atoms with Crippen LogP contribution < -0.4 is 0 Å². The second-order valence-electron chi connectivity index (χ2n) is 3.07. The van der Waals surface area contributed by atoms with Crippen LogP contribution in [0.1, 0.15) is 23.7 Å². The van der Waals surface area contributed by atoms with Crippen molar-refractivity contribution >= 4 is 49.1 Å². The molecule has 0 saturated carbocycles. The van der Waals surface area contributed by atoms with E-state index in [4.69, 9.17) is 0 Å². The fraction of sp³-hybridized carbons (Fsp3) is 0.500. The van der Waals surface area contributed by atoms with Gasteiger partial charge in [0.15, 0.2) is 0 Å². The number of thiophene rings is 1. The highest BCUT2D eigenvalue weighted by Crippen LogP contribution is 2.21. The van der Waals surface area contributed by atoms with Gasteiger partial charge in [0, 0.05) is 23.8 Å². The average Bonchev–Trinajstić information content (AvgIpc) is 2.65. The molecule has 0 radical (unpaired) electrons. The molecule has 1 aromatic rings. The molecule has 0 atom stereocenters. The molecular weight excluding hydrogens is 342 g/mol. The molecule has 5 heteroatoms. The average molecular weight is 355 g/mol. The number of nitrogens with zero attached hydrogens (tertiary/aromatic N) is 1. The van der Waals surface area contributed by atoms with Gasteiger partial charge in [-0.25, -0.2) is 0 Å². The summed E-state index contributed by atoms with van der Waals surface area (Å²) in [5.41, 5.74) is 0.781. The Kier molecular flexibility index (Phi) is 5.86. The Bertz CT molecular complexity index is 327. The summed E-state index contributed by atoms with van der Waals surface area (Å²) >= 11 is 8.28. The molecule has 0 aromatic carbocycles. The van der Waals surface area contributed by atoms with Crippen molar-refractivity contribution in [3.63, 3.8) is 0 Å². The third-order valence-corrected chi connectivity index (χ3v) is 4.11. The van der Waals surface area contributed by atoms with Gasteiger partial charge in [-0.3, -0.25) is 4.79 Å². The second kappa shape index (κ2) is 6.66. The number of hydrogen-bond donors (Lipinski definition) is 0. The van der Waals surface area contributed by atoms with Crippen LogP contribution in [0.4, 0.5) is 0 Å². The predicted octanol–water partition coefficient (Wildman–Crippen LogP) is 3.76. The lowest BCUT2D eigenvalue weighted by Gasteiger charge is -2.19. The van der Waals surface area contributed by atoms with Crippen molar-refractivity contribution in [1.82, 2.24) is 4.90 Å². The minimum absolute atomic E-state index is 0.125. The van der Waals surface area contributed by atoms with Crippen molar-refractivity contribution in [3.05, 3.63) is 20.8 Å². The summed E-state index contributed by atoms with van der Waals surface area (Å²) in [6, 6.07) is 1.88. The van der Waals surface area contributed by atoms with Crippen LogP contribution in [0.2, 0.25) is 0 Å². The molecule has 84 valence electrons. The van der Waals surface area contributed by atoms with Crippen LogP contribution >= 0.6 is 43.2 Å². The van der Waals surface area contributed by atoms with E-state index in [9.17, 15) is 4.79 Å². The molecule has 0 aliphatic carbocycles. The van der Waals surface area contributed by atoms with Gasteiger partial charge in [-0.1, -0.05) is 15.9 Å². The number of alkyl halides is 1. The molecule has 15 heavy (non-hydrogen) atoms. The zero-order valence-electron chi connectivity index (χ0n) is 8.50. The van der Waals surface area contributed by atoms with E-state index in [-0.39, 0.29) is 5.91 Å². The van der Waals surface area contributed by atoms with Gasteiger partial charge in [0.05, 0.1) is 9.35 Å². The van der Waals surface area contributed by atoms with Crippen LogP contribution in [-0.2, 0) is 0 Å². The van der Waals surface area contributed by atoms with Crippen LogP contribution in [0.3, 0.4) is 0 Å². The Hall–Kier alpha value is 0.130. The van der Waals surface area contributed by atoms with Crippen molar-refractivity contribution in [1.29, 1.82) is 0 Å². The molecule has 0 aliphatic rings. The number of amides is 1. The highest BCUT2D eigenvalue weighted by atomic mass is 79.9. The van der Waals surface area contributed by atoms with Crippen LogP contribution in [0.15, 0.2) is 15.2 Å². The topological polar surface area (TPSA) is 20.3 Å². The Labute approximate surface area is 111 Å². The van der Waals surface area contributed by atoms with Gasteiger partial charge in [0.2, 0.25) is 0 Å². The summed E-state index contributed by atoms with van der Waals surface area (Å²) in [6.07, 6.45) is 0.991. The van der Waals surface area contributed by atoms with Crippen molar-refractivity contribution < 1.29 is 4.79 Å². The van der Waals surface area contributed by atoms with E-state index in [0.29, 0.717) is 0 Å². The molecule has 0 spiro atoms. The molecule has 1 aromatic heterocycles. The minimum atomic E-state index is 0.125. The first-order chi connectivity index (χ1) is 7.19. The zero-order chi connectivity index (χ0) is 11.3. The van der Waals surface area contributed by atoms with Gasteiger partial charge in [-0.2, -0.15) is 0 Å². The predicted molar refractivity (Wildman–Crippen MR) is 72.0 cm³/mol. The fourth-order valence-corrected chi connectivity index (χ4v) is 2.64. The largest absolute Gasteiger partial charge is 0.339 e.